The van der Waals surface area contributed by atoms with Crippen molar-refractivity contribution in [2.24, 2.45) is 10.9 Å². The predicted molar refractivity (Wildman–Crippen MR) is 68.2 cm³/mol. The molecule has 0 saturated carbocycles. The summed E-state index contributed by atoms with van der Waals surface area (Å²) in [6.07, 6.45) is 1.86. The van der Waals surface area contributed by atoms with Gasteiger partial charge in [0.05, 0.1) is 18.8 Å². The summed E-state index contributed by atoms with van der Waals surface area (Å²) in [6.45, 7) is 3.39. The Morgan fingerprint density at radius 1 is 1.44 bits per heavy atom. The van der Waals surface area contributed by atoms with E-state index in [1.54, 1.807) is 0 Å². The van der Waals surface area contributed by atoms with Gasteiger partial charge in [0.1, 0.15) is 11.9 Å². The van der Waals surface area contributed by atoms with Crippen LogP contribution in [0.15, 0.2) is 23.4 Å². The molecule has 1 saturated heterocycles. The standard InChI is InChI=1S/C13H18N2O3/c1-9-2-3-12(11(8-9)13(14)15-16)18-10-4-6-17-7-5-10/h2-3,8,10,16H,4-7H2,1H3,(H2,14,15). The minimum atomic E-state index is 0.0701. The summed E-state index contributed by atoms with van der Waals surface area (Å²) in [6, 6.07) is 5.66. The molecule has 0 radical (unpaired) electrons. The monoisotopic (exact) mass is 250 g/mol. The largest absolute Gasteiger partial charge is 0.489 e. The fourth-order valence-electron chi connectivity index (χ4n) is 1.97. The molecule has 0 atom stereocenters. The van der Waals surface area contributed by atoms with Crippen molar-refractivity contribution in [3.8, 4) is 5.75 Å². The number of aryl methyl sites for hydroxylation is 1. The topological polar surface area (TPSA) is 77.1 Å². The average Bonchev–Trinajstić information content (AvgIpc) is 2.41. The van der Waals surface area contributed by atoms with Gasteiger partial charge in [-0.3, -0.25) is 0 Å². The highest BCUT2D eigenvalue weighted by Crippen LogP contribution is 2.23. The molecule has 1 heterocycles. The molecule has 1 aliphatic rings. The summed E-state index contributed by atoms with van der Waals surface area (Å²) in [5.41, 5.74) is 7.33. The van der Waals surface area contributed by atoms with E-state index in [-0.39, 0.29) is 11.9 Å². The zero-order valence-corrected chi connectivity index (χ0v) is 10.4. The van der Waals surface area contributed by atoms with Gasteiger partial charge in [-0.15, -0.1) is 0 Å². The van der Waals surface area contributed by atoms with Crippen molar-refractivity contribution in [2.45, 2.75) is 25.9 Å². The Bertz CT molecular complexity index is 440. The number of nitrogens with zero attached hydrogens (tertiary/aromatic N) is 1. The Balaban J connectivity index is 2.20. The average molecular weight is 250 g/mol. The highest BCUT2D eigenvalue weighted by molar-refractivity contribution is 5.99. The van der Waals surface area contributed by atoms with Crippen molar-refractivity contribution in [2.75, 3.05) is 13.2 Å². The van der Waals surface area contributed by atoms with Crippen LogP contribution in [0.25, 0.3) is 0 Å². The first-order valence-electron chi connectivity index (χ1n) is 6.03. The van der Waals surface area contributed by atoms with E-state index >= 15 is 0 Å². The number of rotatable bonds is 3. The lowest BCUT2D eigenvalue weighted by molar-refractivity contribution is 0.0255. The van der Waals surface area contributed by atoms with Crippen molar-refractivity contribution >= 4 is 5.84 Å². The zero-order chi connectivity index (χ0) is 13.0. The number of oxime groups is 1. The molecule has 0 aliphatic carbocycles. The van der Waals surface area contributed by atoms with Crippen LogP contribution in [-0.2, 0) is 4.74 Å². The van der Waals surface area contributed by atoms with E-state index in [1.807, 2.05) is 25.1 Å². The van der Waals surface area contributed by atoms with Gasteiger partial charge in [0.15, 0.2) is 5.84 Å². The second-order valence-electron chi connectivity index (χ2n) is 4.41. The molecular weight excluding hydrogens is 232 g/mol. The van der Waals surface area contributed by atoms with Crippen LogP contribution in [0.2, 0.25) is 0 Å². The highest BCUT2D eigenvalue weighted by atomic mass is 16.5. The minimum Gasteiger partial charge on any atom is -0.489 e. The van der Waals surface area contributed by atoms with Crippen LogP contribution in [0.3, 0.4) is 0 Å². The Morgan fingerprint density at radius 3 is 2.83 bits per heavy atom. The van der Waals surface area contributed by atoms with Gasteiger partial charge in [-0.2, -0.15) is 0 Å². The number of ether oxygens (including phenoxy) is 2. The summed E-state index contributed by atoms with van der Waals surface area (Å²) in [5, 5.41) is 11.8. The molecule has 2 rings (SSSR count). The van der Waals surface area contributed by atoms with Crippen LogP contribution >= 0.6 is 0 Å². The number of nitrogens with two attached hydrogens (primary N) is 1. The molecule has 5 nitrogen and oxygen atoms in total. The quantitative estimate of drug-likeness (QED) is 0.370. The third-order valence-corrected chi connectivity index (χ3v) is 2.98. The van der Waals surface area contributed by atoms with Gasteiger partial charge in [0.25, 0.3) is 0 Å². The van der Waals surface area contributed by atoms with E-state index in [4.69, 9.17) is 20.4 Å². The molecule has 3 N–H and O–H groups in total. The van der Waals surface area contributed by atoms with E-state index in [1.165, 1.54) is 0 Å². The maximum absolute atomic E-state index is 8.80. The summed E-state index contributed by atoms with van der Waals surface area (Å²) >= 11 is 0. The molecule has 18 heavy (non-hydrogen) atoms. The van der Waals surface area contributed by atoms with Gasteiger partial charge in [-0.25, -0.2) is 0 Å². The smallest absolute Gasteiger partial charge is 0.173 e. The lowest BCUT2D eigenvalue weighted by atomic mass is 10.1. The second-order valence-corrected chi connectivity index (χ2v) is 4.41. The molecule has 1 aromatic rings. The highest BCUT2D eigenvalue weighted by Gasteiger charge is 2.18. The van der Waals surface area contributed by atoms with Gasteiger partial charge in [0, 0.05) is 12.8 Å². The third-order valence-electron chi connectivity index (χ3n) is 2.98. The van der Waals surface area contributed by atoms with Gasteiger partial charge in [-0.1, -0.05) is 16.8 Å². The summed E-state index contributed by atoms with van der Waals surface area (Å²) in [4.78, 5) is 0. The molecule has 1 fully saturated rings. The van der Waals surface area contributed by atoms with E-state index in [2.05, 4.69) is 5.16 Å². The Morgan fingerprint density at radius 2 is 2.17 bits per heavy atom. The lowest BCUT2D eigenvalue weighted by Gasteiger charge is -2.24. The van der Waals surface area contributed by atoms with Gasteiger partial charge in [0.2, 0.25) is 0 Å². The number of hydrogen-bond donors (Lipinski definition) is 2. The SMILES string of the molecule is Cc1ccc(OC2CCOCC2)c(/C(N)=N/O)c1. The molecule has 1 aromatic carbocycles. The molecule has 0 unspecified atom stereocenters. The molecule has 98 valence electrons. The van der Waals surface area contributed by atoms with Crippen LogP contribution in [0.5, 0.6) is 5.75 Å². The lowest BCUT2D eigenvalue weighted by Crippen LogP contribution is -2.27. The van der Waals surface area contributed by atoms with Crippen molar-refractivity contribution < 1.29 is 14.7 Å². The fourth-order valence-corrected chi connectivity index (χ4v) is 1.97. The molecule has 0 aromatic heterocycles. The maximum atomic E-state index is 8.80. The molecular formula is C13H18N2O3. The van der Waals surface area contributed by atoms with Crippen LogP contribution in [-0.4, -0.2) is 30.4 Å². The fraction of sp³-hybridized carbons (Fsp3) is 0.462. The number of benzene rings is 1. The minimum absolute atomic E-state index is 0.0701. The van der Waals surface area contributed by atoms with Crippen molar-refractivity contribution in [3.63, 3.8) is 0 Å². The van der Waals surface area contributed by atoms with Crippen LogP contribution in [0, 0.1) is 6.92 Å². The van der Waals surface area contributed by atoms with Crippen molar-refractivity contribution in [1.82, 2.24) is 0 Å². The first kappa shape index (κ1) is 12.7. The summed E-state index contributed by atoms with van der Waals surface area (Å²) in [7, 11) is 0. The van der Waals surface area contributed by atoms with Gasteiger partial charge < -0.3 is 20.4 Å². The molecule has 0 spiro atoms. The number of hydrogen-bond acceptors (Lipinski definition) is 4. The Kier molecular flexibility index (Phi) is 4.04. The maximum Gasteiger partial charge on any atom is 0.173 e. The Labute approximate surface area is 106 Å². The Hall–Kier alpha value is -1.75. The number of amidine groups is 1. The predicted octanol–water partition coefficient (Wildman–Crippen LogP) is 1.65. The summed E-state index contributed by atoms with van der Waals surface area (Å²) < 4.78 is 11.2. The first-order valence-corrected chi connectivity index (χ1v) is 6.03. The van der Waals surface area contributed by atoms with Crippen molar-refractivity contribution in [1.29, 1.82) is 0 Å². The molecule has 5 heteroatoms. The van der Waals surface area contributed by atoms with E-state index in [0.29, 0.717) is 11.3 Å². The van der Waals surface area contributed by atoms with E-state index in [9.17, 15) is 0 Å². The normalized spacial score (nSPS) is 17.7. The first-order chi connectivity index (χ1) is 8.70. The van der Waals surface area contributed by atoms with Gasteiger partial charge >= 0.3 is 0 Å². The molecule has 0 bridgehead atoms. The zero-order valence-electron chi connectivity index (χ0n) is 10.4. The summed E-state index contributed by atoms with van der Waals surface area (Å²) in [5.74, 6) is 0.726. The van der Waals surface area contributed by atoms with Gasteiger partial charge in [-0.05, 0) is 19.1 Å². The van der Waals surface area contributed by atoms with Crippen molar-refractivity contribution in [3.05, 3.63) is 29.3 Å². The second kappa shape index (κ2) is 5.73. The van der Waals surface area contributed by atoms with Crippen LogP contribution in [0.4, 0.5) is 0 Å². The van der Waals surface area contributed by atoms with E-state index in [0.717, 1.165) is 31.6 Å². The molecule has 1 aliphatic heterocycles. The third kappa shape index (κ3) is 2.92. The van der Waals surface area contributed by atoms with E-state index < -0.39 is 0 Å². The van der Waals surface area contributed by atoms with Crippen LogP contribution < -0.4 is 10.5 Å². The van der Waals surface area contributed by atoms with Crippen LogP contribution in [0.1, 0.15) is 24.0 Å². The molecule has 0 amide bonds.